The van der Waals surface area contributed by atoms with Crippen molar-refractivity contribution in [1.82, 2.24) is 5.32 Å². The van der Waals surface area contributed by atoms with E-state index in [4.69, 9.17) is 13.9 Å². The predicted molar refractivity (Wildman–Crippen MR) is 85.3 cm³/mol. The average molecular weight is 305 g/mol. The molecule has 1 aromatic carbocycles. The molecule has 0 aliphatic rings. The second kappa shape index (κ2) is 6.30. The first-order valence-electron chi connectivity index (χ1n) is 7.32. The van der Waals surface area contributed by atoms with Crippen molar-refractivity contribution in [3.05, 3.63) is 30.0 Å². The number of carbonyl (C=O) groups is 1. The monoisotopic (exact) mass is 305 g/mol. The molecule has 0 saturated heterocycles. The molecule has 120 valence electrons. The molecule has 0 spiro atoms. The first kappa shape index (κ1) is 16.2. The zero-order valence-corrected chi connectivity index (χ0v) is 13.7. The number of amides is 1. The third kappa shape index (κ3) is 4.16. The summed E-state index contributed by atoms with van der Waals surface area (Å²) in [6, 6.07) is 5.66. The number of alkyl carbamates (subject to hydrolysis) is 1. The van der Waals surface area contributed by atoms with Crippen LogP contribution in [0.5, 0.6) is 5.75 Å². The van der Waals surface area contributed by atoms with E-state index in [-0.39, 0.29) is 6.04 Å². The number of methoxy groups -OCH3 is 1. The van der Waals surface area contributed by atoms with Crippen molar-refractivity contribution >= 4 is 17.1 Å². The van der Waals surface area contributed by atoms with E-state index in [1.807, 2.05) is 45.9 Å². The number of benzene rings is 1. The lowest BCUT2D eigenvalue weighted by molar-refractivity contribution is 0.0508. The van der Waals surface area contributed by atoms with Crippen molar-refractivity contribution in [1.29, 1.82) is 0 Å². The van der Waals surface area contributed by atoms with Crippen LogP contribution in [0, 0.1) is 0 Å². The van der Waals surface area contributed by atoms with Crippen molar-refractivity contribution in [2.24, 2.45) is 0 Å². The summed E-state index contributed by atoms with van der Waals surface area (Å²) in [5.74, 6) is 0.772. The van der Waals surface area contributed by atoms with Crippen molar-refractivity contribution < 1.29 is 18.7 Å². The molecule has 0 bridgehead atoms. The summed E-state index contributed by atoms with van der Waals surface area (Å²) < 4.78 is 16.1. The normalized spacial score (nSPS) is 13.0. The summed E-state index contributed by atoms with van der Waals surface area (Å²) in [4.78, 5) is 11.8. The lowest BCUT2D eigenvalue weighted by atomic mass is 10.0. The van der Waals surface area contributed by atoms with Gasteiger partial charge in [0.2, 0.25) is 0 Å². The summed E-state index contributed by atoms with van der Waals surface area (Å²) >= 11 is 0. The second-order valence-electron chi connectivity index (χ2n) is 6.38. The molecule has 1 N–H and O–H groups in total. The maximum atomic E-state index is 11.8. The first-order chi connectivity index (χ1) is 10.3. The van der Waals surface area contributed by atoms with E-state index in [2.05, 4.69) is 5.32 Å². The van der Waals surface area contributed by atoms with Gasteiger partial charge in [0.15, 0.2) is 0 Å². The van der Waals surface area contributed by atoms with Gasteiger partial charge in [-0.15, -0.1) is 0 Å². The Hall–Kier alpha value is -2.17. The Morgan fingerprint density at radius 1 is 1.36 bits per heavy atom. The molecule has 0 fully saturated rings. The molecule has 1 aromatic heterocycles. The van der Waals surface area contributed by atoms with E-state index in [9.17, 15) is 4.79 Å². The van der Waals surface area contributed by atoms with Gasteiger partial charge in [0.05, 0.1) is 13.4 Å². The molecule has 1 unspecified atom stereocenters. The van der Waals surface area contributed by atoms with Gasteiger partial charge in [0, 0.05) is 17.0 Å². The molecule has 1 amide bonds. The minimum Gasteiger partial charge on any atom is -0.497 e. The van der Waals surface area contributed by atoms with E-state index in [1.165, 1.54) is 0 Å². The second-order valence-corrected chi connectivity index (χ2v) is 6.38. The fourth-order valence-corrected chi connectivity index (χ4v) is 2.29. The molecule has 22 heavy (non-hydrogen) atoms. The third-order valence-corrected chi connectivity index (χ3v) is 3.13. The minimum atomic E-state index is -0.506. The Morgan fingerprint density at radius 2 is 2.09 bits per heavy atom. The molecule has 0 radical (unpaired) electrons. The van der Waals surface area contributed by atoms with Crippen LogP contribution in [0.4, 0.5) is 4.79 Å². The van der Waals surface area contributed by atoms with Crippen LogP contribution in [0.2, 0.25) is 0 Å². The van der Waals surface area contributed by atoms with E-state index < -0.39 is 11.7 Å². The molecule has 0 saturated carbocycles. The minimum absolute atomic E-state index is 0.0877. The fraction of sp³-hybridized carbons (Fsp3) is 0.471. The van der Waals surface area contributed by atoms with Gasteiger partial charge in [-0.25, -0.2) is 4.79 Å². The van der Waals surface area contributed by atoms with E-state index in [1.54, 1.807) is 13.4 Å². The molecule has 5 nitrogen and oxygen atoms in total. The number of fused-ring (bicyclic) bond motifs is 1. The lowest BCUT2D eigenvalue weighted by Crippen LogP contribution is -2.38. The molecule has 0 aliphatic heterocycles. The van der Waals surface area contributed by atoms with E-state index >= 15 is 0 Å². The summed E-state index contributed by atoms with van der Waals surface area (Å²) in [5, 5.41) is 3.82. The van der Waals surface area contributed by atoms with Gasteiger partial charge in [-0.3, -0.25) is 0 Å². The third-order valence-electron chi connectivity index (χ3n) is 3.13. The molecule has 2 rings (SSSR count). The smallest absolute Gasteiger partial charge is 0.407 e. The average Bonchev–Trinajstić information content (AvgIpc) is 2.84. The largest absolute Gasteiger partial charge is 0.497 e. The zero-order valence-electron chi connectivity index (χ0n) is 13.7. The SMILES string of the molecule is COc1cc(CC(C)NC(=O)OC(C)(C)C)c2occc2c1. The van der Waals surface area contributed by atoms with Crippen molar-refractivity contribution in [2.75, 3.05) is 7.11 Å². The van der Waals surface area contributed by atoms with Crippen LogP contribution in [0.15, 0.2) is 28.9 Å². The van der Waals surface area contributed by atoms with Gasteiger partial charge < -0.3 is 19.2 Å². The standard InChI is InChI=1S/C17H23NO4/c1-11(18-16(19)22-17(2,3)4)8-13-10-14(20-5)9-12-6-7-21-15(12)13/h6-7,9-11H,8H2,1-5H3,(H,18,19). The predicted octanol–water partition coefficient (Wildman–Crippen LogP) is 3.90. The highest BCUT2D eigenvalue weighted by Gasteiger charge is 2.19. The topological polar surface area (TPSA) is 60.7 Å². The van der Waals surface area contributed by atoms with Crippen LogP contribution in [0.3, 0.4) is 0 Å². The molecular formula is C17H23NO4. The Bertz CT molecular complexity index is 654. The number of rotatable bonds is 4. The van der Waals surface area contributed by atoms with Crippen LogP contribution in [0.1, 0.15) is 33.3 Å². The molecular weight excluding hydrogens is 282 g/mol. The van der Waals surface area contributed by atoms with Gasteiger partial charge in [-0.1, -0.05) is 0 Å². The van der Waals surface area contributed by atoms with Crippen molar-refractivity contribution in [3.8, 4) is 5.75 Å². The van der Waals surface area contributed by atoms with Crippen LogP contribution >= 0.6 is 0 Å². The highest BCUT2D eigenvalue weighted by molar-refractivity contribution is 5.82. The molecule has 1 heterocycles. The van der Waals surface area contributed by atoms with Crippen LogP contribution < -0.4 is 10.1 Å². The highest BCUT2D eigenvalue weighted by Crippen LogP contribution is 2.27. The summed E-state index contributed by atoms with van der Waals surface area (Å²) in [7, 11) is 1.63. The quantitative estimate of drug-likeness (QED) is 0.930. The number of hydrogen-bond acceptors (Lipinski definition) is 4. The Morgan fingerprint density at radius 3 is 2.73 bits per heavy atom. The zero-order chi connectivity index (χ0) is 16.3. The van der Waals surface area contributed by atoms with Crippen molar-refractivity contribution in [3.63, 3.8) is 0 Å². The maximum absolute atomic E-state index is 11.8. The Balaban J connectivity index is 2.09. The van der Waals surface area contributed by atoms with Gasteiger partial charge in [0.1, 0.15) is 16.9 Å². The number of hydrogen-bond donors (Lipinski definition) is 1. The maximum Gasteiger partial charge on any atom is 0.407 e. The summed E-state index contributed by atoms with van der Waals surface area (Å²) in [5.41, 5.74) is 1.30. The van der Waals surface area contributed by atoms with E-state index in [0.717, 1.165) is 22.3 Å². The highest BCUT2D eigenvalue weighted by atomic mass is 16.6. The first-order valence-corrected chi connectivity index (χ1v) is 7.32. The fourth-order valence-electron chi connectivity index (χ4n) is 2.29. The number of nitrogens with one attached hydrogen (secondary N) is 1. The van der Waals surface area contributed by atoms with Gasteiger partial charge in [-0.05, 0) is 52.3 Å². The Labute approximate surface area is 130 Å². The lowest BCUT2D eigenvalue weighted by Gasteiger charge is -2.22. The summed E-state index contributed by atoms with van der Waals surface area (Å²) in [6.45, 7) is 7.45. The number of furan rings is 1. The van der Waals surface area contributed by atoms with E-state index in [0.29, 0.717) is 6.42 Å². The van der Waals surface area contributed by atoms with Gasteiger partial charge >= 0.3 is 6.09 Å². The van der Waals surface area contributed by atoms with Crippen LogP contribution in [0.25, 0.3) is 11.0 Å². The number of ether oxygens (including phenoxy) is 2. The van der Waals surface area contributed by atoms with Gasteiger partial charge in [-0.2, -0.15) is 0 Å². The Kier molecular flexibility index (Phi) is 4.64. The number of carbonyl (C=O) groups excluding carboxylic acids is 1. The molecule has 1 atom stereocenters. The molecule has 5 heteroatoms. The van der Waals surface area contributed by atoms with Crippen LogP contribution in [-0.4, -0.2) is 24.8 Å². The molecule has 2 aromatic rings. The molecule has 0 aliphatic carbocycles. The van der Waals surface area contributed by atoms with Crippen LogP contribution in [-0.2, 0) is 11.2 Å². The van der Waals surface area contributed by atoms with Crippen molar-refractivity contribution in [2.45, 2.75) is 45.8 Å². The van der Waals surface area contributed by atoms with Gasteiger partial charge in [0.25, 0.3) is 0 Å². The summed E-state index contributed by atoms with van der Waals surface area (Å²) in [6.07, 6.45) is 1.86.